The van der Waals surface area contributed by atoms with E-state index in [9.17, 15) is 5.11 Å². The average Bonchev–Trinajstić information content (AvgIpc) is 3.09. The first-order valence-electron chi connectivity index (χ1n) is 6.50. The summed E-state index contributed by atoms with van der Waals surface area (Å²) in [5.74, 6) is 1.59. The number of rotatable bonds is 5. The van der Waals surface area contributed by atoms with Crippen molar-refractivity contribution in [2.45, 2.75) is 19.1 Å². The summed E-state index contributed by atoms with van der Waals surface area (Å²) in [6.45, 7) is 1.98. The van der Waals surface area contributed by atoms with Crippen molar-refractivity contribution in [2.75, 3.05) is 13.2 Å². The fourth-order valence-corrected chi connectivity index (χ4v) is 2.28. The predicted molar refractivity (Wildman–Crippen MR) is 71.0 cm³/mol. The molecule has 2 aromatic rings. The van der Waals surface area contributed by atoms with E-state index >= 15 is 0 Å². The largest absolute Gasteiger partial charge is 0.493 e. The summed E-state index contributed by atoms with van der Waals surface area (Å²) < 4.78 is 10.6. The lowest BCUT2D eigenvalue weighted by Gasteiger charge is -2.10. The molecule has 0 bridgehead atoms. The van der Waals surface area contributed by atoms with Crippen LogP contribution in [0.2, 0.25) is 0 Å². The lowest BCUT2D eigenvalue weighted by Crippen LogP contribution is -2.20. The third-order valence-corrected chi connectivity index (χ3v) is 3.29. The third-order valence-electron chi connectivity index (χ3n) is 3.29. The first-order valence-corrected chi connectivity index (χ1v) is 6.50. The molecule has 4 heteroatoms. The number of fused-ring (bicyclic) bond motifs is 1. The highest BCUT2D eigenvalue weighted by Crippen LogP contribution is 2.25. The molecule has 2 heterocycles. The van der Waals surface area contributed by atoms with E-state index in [4.69, 9.17) is 9.15 Å². The molecule has 1 aromatic heterocycles. The van der Waals surface area contributed by atoms with Gasteiger partial charge < -0.3 is 19.6 Å². The smallest absolute Gasteiger partial charge is 0.133 e. The van der Waals surface area contributed by atoms with Crippen molar-refractivity contribution in [3.05, 3.63) is 53.5 Å². The zero-order chi connectivity index (χ0) is 13.1. The molecule has 1 aliphatic rings. The van der Waals surface area contributed by atoms with Crippen LogP contribution in [0.1, 0.15) is 23.0 Å². The van der Waals surface area contributed by atoms with Crippen LogP contribution in [0.3, 0.4) is 0 Å². The molecule has 1 aromatic carbocycles. The van der Waals surface area contributed by atoms with Gasteiger partial charge in [0.2, 0.25) is 0 Å². The molecule has 0 saturated carbocycles. The first kappa shape index (κ1) is 12.3. The summed E-state index contributed by atoms with van der Waals surface area (Å²) in [4.78, 5) is 0. The van der Waals surface area contributed by atoms with Crippen molar-refractivity contribution in [3.8, 4) is 5.75 Å². The SMILES string of the molecule is OC(CNCc1ccc2c(c1)CCO2)c1ccco1. The highest BCUT2D eigenvalue weighted by molar-refractivity contribution is 5.39. The second-order valence-electron chi connectivity index (χ2n) is 4.70. The standard InChI is InChI=1S/C15H17NO3/c17-13(15-2-1-6-18-15)10-16-9-11-3-4-14-12(8-11)5-7-19-14/h1-4,6,8,13,16-17H,5,7,9-10H2. The van der Waals surface area contributed by atoms with Gasteiger partial charge in [-0.05, 0) is 29.3 Å². The van der Waals surface area contributed by atoms with E-state index in [1.54, 1.807) is 18.4 Å². The van der Waals surface area contributed by atoms with Crippen molar-refractivity contribution in [1.29, 1.82) is 0 Å². The van der Waals surface area contributed by atoms with Crippen molar-refractivity contribution in [2.24, 2.45) is 0 Å². The van der Waals surface area contributed by atoms with Crippen LogP contribution < -0.4 is 10.1 Å². The van der Waals surface area contributed by atoms with Crippen LogP contribution in [-0.4, -0.2) is 18.3 Å². The van der Waals surface area contributed by atoms with Crippen LogP contribution in [0, 0.1) is 0 Å². The van der Waals surface area contributed by atoms with Gasteiger partial charge >= 0.3 is 0 Å². The molecular weight excluding hydrogens is 242 g/mol. The van der Waals surface area contributed by atoms with Crippen LogP contribution >= 0.6 is 0 Å². The second-order valence-corrected chi connectivity index (χ2v) is 4.70. The van der Waals surface area contributed by atoms with Crippen LogP contribution in [0.4, 0.5) is 0 Å². The Bertz CT molecular complexity index is 536. The predicted octanol–water partition coefficient (Wildman–Crippen LogP) is 2.04. The van der Waals surface area contributed by atoms with Gasteiger partial charge in [-0.2, -0.15) is 0 Å². The van der Waals surface area contributed by atoms with E-state index in [1.807, 2.05) is 6.07 Å². The van der Waals surface area contributed by atoms with Crippen molar-refractivity contribution in [1.82, 2.24) is 5.32 Å². The minimum Gasteiger partial charge on any atom is -0.493 e. The lowest BCUT2D eigenvalue weighted by atomic mass is 10.1. The van der Waals surface area contributed by atoms with Crippen LogP contribution in [0.15, 0.2) is 41.0 Å². The molecule has 0 amide bonds. The Kier molecular flexibility index (Phi) is 3.53. The maximum absolute atomic E-state index is 9.87. The van der Waals surface area contributed by atoms with E-state index in [0.29, 0.717) is 12.3 Å². The van der Waals surface area contributed by atoms with Gasteiger partial charge in [-0.15, -0.1) is 0 Å². The molecule has 4 nitrogen and oxygen atoms in total. The third kappa shape index (κ3) is 2.80. The summed E-state index contributed by atoms with van der Waals surface area (Å²) in [6, 6.07) is 9.78. The topological polar surface area (TPSA) is 54.6 Å². The van der Waals surface area contributed by atoms with E-state index in [-0.39, 0.29) is 0 Å². The normalized spacial score (nSPS) is 15.0. The quantitative estimate of drug-likeness (QED) is 0.862. The zero-order valence-corrected chi connectivity index (χ0v) is 10.6. The average molecular weight is 259 g/mol. The van der Waals surface area contributed by atoms with E-state index < -0.39 is 6.10 Å². The van der Waals surface area contributed by atoms with E-state index in [1.165, 1.54) is 11.1 Å². The molecule has 2 N–H and O–H groups in total. The molecule has 1 unspecified atom stereocenters. The highest BCUT2D eigenvalue weighted by atomic mass is 16.5. The monoisotopic (exact) mass is 259 g/mol. The van der Waals surface area contributed by atoms with Gasteiger partial charge in [0.25, 0.3) is 0 Å². The van der Waals surface area contributed by atoms with Gasteiger partial charge in [0, 0.05) is 19.5 Å². The maximum Gasteiger partial charge on any atom is 0.133 e. The number of aliphatic hydroxyl groups excluding tert-OH is 1. The number of ether oxygens (including phenoxy) is 1. The van der Waals surface area contributed by atoms with Gasteiger partial charge in [-0.3, -0.25) is 0 Å². The molecule has 100 valence electrons. The summed E-state index contributed by atoms with van der Waals surface area (Å²) >= 11 is 0. The highest BCUT2D eigenvalue weighted by Gasteiger charge is 2.12. The maximum atomic E-state index is 9.87. The first-order chi connectivity index (χ1) is 9.33. The van der Waals surface area contributed by atoms with E-state index in [0.717, 1.165) is 25.3 Å². The Labute approximate surface area is 112 Å². The Morgan fingerprint density at radius 3 is 3.11 bits per heavy atom. The number of hydrogen-bond donors (Lipinski definition) is 2. The minimum absolute atomic E-state index is 0.473. The summed E-state index contributed by atoms with van der Waals surface area (Å²) in [7, 11) is 0. The van der Waals surface area contributed by atoms with Gasteiger partial charge in [0.1, 0.15) is 17.6 Å². The number of aliphatic hydroxyl groups is 1. The van der Waals surface area contributed by atoms with Crippen LogP contribution in [0.25, 0.3) is 0 Å². The van der Waals surface area contributed by atoms with Crippen molar-refractivity contribution >= 4 is 0 Å². The van der Waals surface area contributed by atoms with Crippen LogP contribution in [-0.2, 0) is 13.0 Å². The van der Waals surface area contributed by atoms with Gasteiger partial charge in [-0.1, -0.05) is 12.1 Å². The molecule has 0 aliphatic carbocycles. The number of nitrogens with one attached hydrogen (secondary N) is 1. The van der Waals surface area contributed by atoms with Gasteiger partial charge in [-0.25, -0.2) is 0 Å². The lowest BCUT2D eigenvalue weighted by molar-refractivity contribution is 0.147. The number of furan rings is 1. The summed E-state index contributed by atoms with van der Waals surface area (Å²) in [5.41, 5.74) is 2.47. The van der Waals surface area contributed by atoms with Gasteiger partial charge in [0.15, 0.2) is 0 Å². The Morgan fingerprint density at radius 2 is 2.26 bits per heavy atom. The molecule has 0 fully saturated rings. The molecular formula is C15H17NO3. The second kappa shape index (κ2) is 5.47. The number of benzene rings is 1. The van der Waals surface area contributed by atoms with E-state index in [2.05, 4.69) is 17.4 Å². The number of hydrogen-bond acceptors (Lipinski definition) is 4. The summed E-state index contributed by atoms with van der Waals surface area (Å²) in [6.07, 6.45) is 1.95. The molecule has 0 radical (unpaired) electrons. The Hall–Kier alpha value is -1.78. The minimum atomic E-state index is -0.604. The fourth-order valence-electron chi connectivity index (χ4n) is 2.28. The van der Waals surface area contributed by atoms with Crippen LogP contribution in [0.5, 0.6) is 5.75 Å². The Morgan fingerprint density at radius 1 is 1.32 bits per heavy atom. The molecule has 0 saturated heterocycles. The van der Waals surface area contributed by atoms with Gasteiger partial charge in [0.05, 0.1) is 12.9 Å². The molecule has 1 atom stereocenters. The summed E-state index contributed by atoms with van der Waals surface area (Å²) in [5, 5.41) is 13.1. The molecule has 19 heavy (non-hydrogen) atoms. The van der Waals surface area contributed by atoms with Crippen molar-refractivity contribution < 1.29 is 14.3 Å². The zero-order valence-electron chi connectivity index (χ0n) is 10.6. The Balaban J connectivity index is 1.52. The van der Waals surface area contributed by atoms with Crippen molar-refractivity contribution in [3.63, 3.8) is 0 Å². The molecule has 0 spiro atoms. The fraction of sp³-hybridized carbons (Fsp3) is 0.333. The molecule has 3 rings (SSSR count). The molecule has 1 aliphatic heterocycles.